The highest BCUT2D eigenvalue weighted by atomic mass is 35.5. The standard InChI is InChI=1S/C17H20ClN3O2S/c1-3-4-8-21(16(23)13-6-5-7-14(18)9-13)11-15(22)20-17-19-10-12(2)24-17/h5-7,9-10H,3-4,8,11H2,1-2H3,(H,19,20,22). The number of halogens is 1. The van der Waals surface area contributed by atoms with Crippen LogP contribution >= 0.6 is 22.9 Å². The molecule has 7 heteroatoms. The minimum atomic E-state index is -0.254. The summed E-state index contributed by atoms with van der Waals surface area (Å²) in [6.07, 6.45) is 3.47. The molecule has 0 fully saturated rings. The number of rotatable bonds is 7. The van der Waals surface area contributed by atoms with E-state index in [2.05, 4.69) is 10.3 Å². The van der Waals surface area contributed by atoms with E-state index in [1.807, 2.05) is 13.8 Å². The lowest BCUT2D eigenvalue weighted by atomic mass is 10.2. The first-order chi connectivity index (χ1) is 11.5. The number of thiazole rings is 1. The van der Waals surface area contributed by atoms with Crippen molar-refractivity contribution >= 4 is 39.9 Å². The highest BCUT2D eigenvalue weighted by molar-refractivity contribution is 7.15. The fourth-order valence-electron chi connectivity index (χ4n) is 2.15. The first-order valence-corrected chi connectivity index (χ1v) is 8.96. The van der Waals surface area contributed by atoms with Gasteiger partial charge in [-0.25, -0.2) is 4.98 Å². The molecule has 1 heterocycles. The molecule has 2 amide bonds. The maximum Gasteiger partial charge on any atom is 0.254 e. The number of aryl methyl sites for hydroxylation is 1. The Bertz CT molecular complexity index is 717. The molecule has 0 saturated heterocycles. The third-order valence-electron chi connectivity index (χ3n) is 3.34. The van der Waals surface area contributed by atoms with Crippen molar-refractivity contribution in [2.75, 3.05) is 18.4 Å². The maximum atomic E-state index is 12.7. The Balaban J connectivity index is 2.06. The van der Waals surface area contributed by atoms with E-state index < -0.39 is 0 Å². The molecule has 24 heavy (non-hydrogen) atoms. The van der Waals surface area contributed by atoms with Crippen LogP contribution < -0.4 is 5.32 Å². The van der Waals surface area contributed by atoms with E-state index in [1.54, 1.807) is 35.4 Å². The summed E-state index contributed by atoms with van der Waals surface area (Å²) in [6, 6.07) is 6.76. The van der Waals surface area contributed by atoms with E-state index >= 15 is 0 Å². The highest BCUT2D eigenvalue weighted by Gasteiger charge is 2.19. The van der Waals surface area contributed by atoms with Gasteiger partial charge in [0.1, 0.15) is 6.54 Å². The second kappa shape index (κ2) is 8.80. The second-order valence-electron chi connectivity index (χ2n) is 5.41. The van der Waals surface area contributed by atoms with Crippen LogP contribution in [0.1, 0.15) is 35.0 Å². The second-order valence-corrected chi connectivity index (χ2v) is 7.09. The van der Waals surface area contributed by atoms with Crippen LogP contribution in [0.4, 0.5) is 5.13 Å². The molecule has 5 nitrogen and oxygen atoms in total. The van der Waals surface area contributed by atoms with E-state index in [-0.39, 0.29) is 18.4 Å². The molecule has 0 aliphatic carbocycles. The molecule has 1 aromatic carbocycles. The van der Waals surface area contributed by atoms with Crippen LogP contribution in [0, 0.1) is 6.92 Å². The third kappa shape index (κ3) is 5.32. The topological polar surface area (TPSA) is 62.3 Å². The number of benzene rings is 1. The fraction of sp³-hybridized carbons (Fsp3) is 0.353. The smallest absolute Gasteiger partial charge is 0.254 e. The Hall–Kier alpha value is -1.92. The Kier molecular flexibility index (Phi) is 6.75. The number of carbonyl (C=O) groups is 2. The van der Waals surface area contributed by atoms with E-state index in [1.165, 1.54) is 11.3 Å². The molecule has 1 N–H and O–H groups in total. The summed E-state index contributed by atoms with van der Waals surface area (Å²) in [6.45, 7) is 4.47. The van der Waals surface area contributed by atoms with Crippen LogP contribution in [-0.2, 0) is 4.79 Å². The van der Waals surface area contributed by atoms with Crippen molar-refractivity contribution in [2.24, 2.45) is 0 Å². The van der Waals surface area contributed by atoms with Gasteiger partial charge >= 0.3 is 0 Å². The molecule has 128 valence electrons. The average molecular weight is 366 g/mol. The molecule has 0 aliphatic heterocycles. The number of hydrogen-bond acceptors (Lipinski definition) is 4. The van der Waals surface area contributed by atoms with Crippen LogP contribution in [0.3, 0.4) is 0 Å². The largest absolute Gasteiger partial charge is 0.329 e. The lowest BCUT2D eigenvalue weighted by molar-refractivity contribution is -0.116. The van der Waals surface area contributed by atoms with E-state index in [0.717, 1.165) is 17.7 Å². The van der Waals surface area contributed by atoms with Crippen LogP contribution in [0.25, 0.3) is 0 Å². The molecule has 2 rings (SSSR count). The molecule has 0 atom stereocenters. The minimum absolute atomic E-state index is 0.00995. The van der Waals surface area contributed by atoms with Crippen molar-refractivity contribution in [3.63, 3.8) is 0 Å². The number of anilines is 1. The van der Waals surface area contributed by atoms with Gasteiger partial charge in [0.15, 0.2) is 5.13 Å². The molecule has 0 spiro atoms. The SMILES string of the molecule is CCCCN(CC(=O)Nc1ncc(C)s1)C(=O)c1cccc(Cl)c1. The summed E-state index contributed by atoms with van der Waals surface area (Å²) in [5, 5.41) is 3.78. The van der Waals surface area contributed by atoms with Crippen molar-refractivity contribution in [2.45, 2.75) is 26.7 Å². The average Bonchev–Trinajstić information content (AvgIpc) is 2.95. The van der Waals surface area contributed by atoms with E-state index in [0.29, 0.717) is 22.3 Å². The van der Waals surface area contributed by atoms with Gasteiger partial charge in [0.2, 0.25) is 5.91 Å². The zero-order valence-electron chi connectivity index (χ0n) is 13.7. The lowest BCUT2D eigenvalue weighted by Gasteiger charge is -2.22. The molecule has 0 aliphatic rings. The Morgan fingerprint density at radius 1 is 1.38 bits per heavy atom. The maximum absolute atomic E-state index is 12.7. The predicted octanol–water partition coefficient (Wildman–Crippen LogP) is 3.99. The van der Waals surface area contributed by atoms with Crippen molar-refractivity contribution < 1.29 is 9.59 Å². The summed E-state index contributed by atoms with van der Waals surface area (Å²) in [5.74, 6) is -0.452. The summed E-state index contributed by atoms with van der Waals surface area (Å²) in [7, 11) is 0. The number of nitrogens with one attached hydrogen (secondary N) is 1. The molecular formula is C17H20ClN3O2S. The Labute approximate surface area is 150 Å². The Morgan fingerprint density at radius 3 is 2.79 bits per heavy atom. The lowest BCUT2D eigenvalue weighted by Crippen LogP contribution is -2.38. The first kappa shape index (κ1) is 18.4. The number of unbranched alkanes of at least 4 members (excludes halogenated alkanes) is 1. The van der Waals surface area contributed by atoms with Crippen molar-refractivity contribution in [3.05, 3.63) is 45.9 Å². The van der Waals surface area contributed by atoms with Crippen LogP contribution in [0.15, 0.2) is 30.5 Å². The molecule has 0 bridgehead atoms. The normalized spacial score (nSPS) is 10.5. The van der Waals surface area contributed by atoms with Crippen molar-refractivity contribution in [1.29, 1.82) is 0 Å². The molecule has 0 saturated carbocycles. The van der Waals surface area contributed by atoms with Gasteiger partial charge in [-0.1, -0.05) is 31.0 Å². The number of amides is 2. The monoisotopic (exact) mass is 365 g/mol. The highest BCUT2D eigenvalue weighted by Crippen LogP contribution is 2.17. The summed E-state index contributed by atoms with van der Waals surface area (Å²) in [5.41, 5.74) is 0.483. The van der Waals surface area contributed by atoms with E-state index in [4.69, 9.17) is 11.6 Å². The van der Waals surface area contributed by atoms with Gasteiger partial charge in [0, 0.05) is 28.2 Å². The van der Waals surface area contributed by atoms with Gasteiger partial charge in [-0.05, 0) is 31.5 Å². The fourth-order valence-corrected chi connectivity index (χ4v) is 3.02. The quantitative estimate of drug-likeness (QED) is 0.807. The van der Waals surface area contributed by atoms with Crippen LogP contribution in [0.2, 0.25) is 5.02 Å². The molecule has 0 radical (unpaired) electrons. The predicted molar refractivity (Wildman–Crippen MR) is 97.7 cm³/mol. The number of carbonyl (C=O) groups excluding carboxylic acids is 2. The number of nitrogens with zero attached hydrogens (tertiary/aromatic N) is 2. The van der Waals surface area contributed by atoms with Crippen molar-refractivity contribution in [3.8, 4) is 0 Å². The molecule has 0 unspecified atom stereocenters. The van der Waals surface area contributed by atoms with Gasteiger partial charge in [0.25, 0.3) is 5.91 Å². The van der Waals surface area contributed by atoms with Gasteiger partial charge in [-0.15, -0.1) is 11.3 Å². The van der Waals surface area contributed by atoms with E-state index in [9.17, 15) is 9.59 Å². The molecule has 1 aromatic heterocycles. The summed E-state index contributed by atoms with van der Waals surface area (Å²) < 4.78 is 0. The first-order valence-electron chi connectivity index (χ1n) is 7.76. The summed E-state index contributed by atoms with van der Waals surface area (Å²) >= 11 is 7.36. The minimum Gasteiger partial charge on any atom is -0.329 e. The molecular weight excluding hydrogens is 346 g/mol. The Morgan fingerprint density at radius 2 is 2.17 bits per heavy atom. The molecule has 2 aromatic rings. The number of hydrogen-bond donors (Lipinski definition) is 1. The third-order valence-corrected chi connectivity index (χ3v) is 4.41. The van der Waals surface area contributed by atoms with Crippen LogP contribution in [-0.4, -0.2) is 34.8 Å². The van der Waals surface area contributed by atoms with Gasteiger partial charge in [0.05, 0.1) is 0 Å². The zero-order valence-corrected chi connectivity index (χ0v) is 15.3. The van der Waals surface area contributed by atoms with Gasteiger partial charge in [-0.2, -0.15) is 0 Å². The zero-order chi connectivity index (χ0) is 17.5. The van der Waals surface area contributed by atoms with Gasteiger partial charge in [-0.3, -0.25) is 9.59 Å². The number of aromatic nitrogens is 1. The summed E-state index contributed by atoms with van der Waals surface area (Å²) in [4.78, 5) is 31.6. The van der Waals surface area contributed by atoms with Gasteiger partial charge < -0.3 is 10.2 Å². The van der Waals surface area contributed by atoms with Crippen LogP contribution in [0.5, 0.6) is 0 Å². The van der Waals surface area contributed by atoms with Crippen molar-refractivity contribution in [1.82, 2.24) is 9.88 Å².